The number of fused-ring (bicyclic) bond motifs is 1. The number of carbonyl (C=O) groups is 1. The van der Waals surface area contributed by atoms with Crippen LogP contribution in [0.2, 0.25) is 5.02 Å². The van der Waals surface area contributed by atoms with Crippen molar-refractivity contribution in [1.29, 1.82) is 5.26 Å². The number of benzene rings is 3. The SMILES string of the molecule is CC/C(=C(/c1ccc(/C=C/C(N)=O)cc1)c1[nH]c2ccccc2c1Cl)c1ccc(OC)cc1C#N. The number of aromatic amines is 1. The van der Waals surface area contributed by atoms with E-state index < -0.39 is 5.91 Å². The number of methoxy groups -OCH3 is 1. The Morgan fingerprint density at radius 2 is 1.89 bits per heavy atom. The summed E-state index contributed by atoms with van der Waals surface area (Å²) in [5.74, 6) is 0.118. The lowest BCUT2D eigenvalue weighted by Gasteiger charge is -2.17. The second kappa shape index (κ2) is 10.3. The minimum absolute atomic E-state index is 0.503. The fourth-order valence-electron chi connectivity index (χ4n) is 4.20. The molecule has 0 spiro atoms. The summed E-state index contributed by atoms with van der Waals surface area (Å²) in [5.41, 5.74) is 11.9. The molecule has 3 N–H and O–H groups in total. The molecule has 1 aromatic heterocycles. The predicted octanol–water partition coefficient (Wildman–Crippen LogP) is 6.57. The lowest BCUT2D eigenvalue weighted by atomic mass is 9.88. The minimum atomic E-state index is -0.503. The molecule has 0 unspecified atom stereocenters. The van der Waals surface area contributed by atoms with E-state index >= 15 is 0 Å². The van der Waals surface area contributed by atoms with Gasteiger partial charge < -0.3 is 15.5 Å². The third kappa shape index (κ3) is 4.84. The van der Waals surface area contributed by atoms with Crippen LogP contribution in [-0.4, -0.2) is 18.0 Å². The number of nitriles is 1. The molecule has 0 aliphatic carbocycles. The average Bonchev–Trinajstić information content (AvgIpc) is 3.22. The number of para-hydroxylation sites is 1. The van der Waals surface area contributed by atoms with E-state index in [4.69, 9.17) is 22.1 Å². The number of carbonyl (C=O) groups excluding carboxylic acids is 1. The van der Waals surface area contributed by atoms with Crippen molar-refractivity contribution in [3.8, 4) is 11.8 Å². The molecule has 0 radical (unpaired) electrons. The van der Waals surface area contributed by atoms with Crippen LogP contribution in [0.4, 0.5) is 0 Å². The number of hydrogen-bond donors (Lipinski definition) is 2. The van der Waals surface area contributed by atoms with E-state index in [1.807, 2.05) is 60.7 Å². The van der Waals surface area contributed by atoms with Gasteiger partial charge in [0.2, 0.25) is 5.91 Å². The zero-order valence-electron chi connectivity index (χ0n) is 19.4. The average molecular weight is 482 g/mol. The predicted molar refractivity (Wildman–Crippen MR) is 142 cm³/mol. The molecule has 4 rings (SSSR count). The van der Waals surface area contributed by atoms with Gasteiger partial charge in [0.1, 0.15) is 5.75 Å². The zero-order chi connectivity index (χ0) is 24.9. The van der Waals surface area contributed by atoms with Gasteiger partial charge in [-0.2, -0.15) is 5.26 Å². The van der Waals surface area contributed by atoms with E-state index in [0.29, 0.717) is 22.8 Å². The maximum atomic E-state index is 11.1. The largest absolute Gasteiger partial charge is 0.497 e. The zero-order valence-corrected chi connectivity index (χ0v) is 20.2. The van der Waals surface area contributed by atoms with Gasteiger partial charge in [-0.25, -0.2) is 0 Å². The Morgan fingerprint density at radius 3 is 2.51 bits per heavy atom. The summed E-state index contributed by atoms with van der Waals surface area (Å²) >= 11 is 6.91. The van der Waals surface area contributed by atoms with E-state index in [2.05, 4.69) is 18.0 Å². The normalized spacial score (nSPS) is 11.9. The first-order chi connectivity index (χ1) is 17.0. The summed E-state index contributed by atoms with van der Waals surface area (Å²) in [5, 5.41) is 11.4. The second-order valence-corrected chi connectivity index (χ2v) is 8.33. The standard InChI is InChI=1S/C29H24ClN3O2/c1-3-22(23-14-13-21(35-2)16-20(23)17-31)27(19-11-8-18(9-12-19)10-15-26(32)34)29-28(30)24-6-4-5-7-25(24)33-29/h4-16,33H,3H2,1-2H3,(H2,32,34)/b15-10+,27-22+. The van der Waals surface area contributed by atoms with Gasteiger partial charge in [0.15, 0.2) is 0 Å². The van der Waals surface area contributed by atoms with Crippen LogP contribution in [0.3, 0.4) is 0 Å². The molecule has 6 heteroatoms. The van der Waals surface area contributed by atoms with Crippen molar-refractivity contribution in [3.05, 3.63) is 106 Å². The van der Waals surface area contributed by atoms with Crippen molar-refractivity contribution in [2.45, 2.75) is 13.3 Å². The van der Waals surface area contributed by atoms with E-state index in [-0.39, 0.29) is 0 Å². The number of H-pyrrole nitrogens is 1. The number of ether oxygens (including phenoxy) is 1. The van der Waals surface area contributed by atoms with E-state index in [1.165, 1.54) is 6.08 Å². The summed E-state index contributed by atoms with van der Waals surface area (Å²) in [6, 6.07) is 23.5. The summed E-state index contributed by atoms with van der Waals surface area (Å²) in [6.07, 6.45) is 3.66. The van der Waals surface area contributed by atoms with Crippen LogP contribution in [0, 0.1) is 11.3 Å². The number of nitrogens with one attached hydrogen (secondary N) is 1. The summed E-state index contributed by atoms with van der Waals surface area (Å²) in [7, 11) is 1.58. The highest BCUT2D eigenvalue weighted by Crippen LogP contribution is 2.41. The maximum Gasteiger partial charge on any atom is 0.241 e. The first-order valence-electron chi connectivity index (χ1n) is 11.1. The molecule has 1 amide bonds. The maximum absolute atomic E-state index is 11.1. The molecule has 0 aliphatic heterocycles. The highest BCUT2D eigenvalue weighted by molar-refractivity contribution is 6.38. The van der Waals surface area contributed by atoms with Crippen LogP contribution in [0.1, 0.15) is 41.3 Å². The minimum Gasteiger partial charge on any atom is -0.497 e. The molecule has 0 fully saturated rings. The molecule has 0 atom stereocenters. The monoisotopic (exact) mass is 481 g/mol. The third-order valence-corrected chi connectivity index (χ3v) is 6.25. The van der Waals surface area contributed by atoms with Crippen molar-refractivity contribution < 1.29 is 9.53 Å². The summed E-state index contributed by atoms with van der Waals surface area (Å²) in [4.78, 5) is 14.6. The molecular weight excluding hydrogens is 458 g/mol. The topological polar surface area (TPSA) is 91.9 Å². The molecule has 35 heavy (non-hydrogen) atoms. The number of hydrogen-bond acceptors (Lipinski definition) is 3. The molecule has 0 saturated carbocycles. The number of amides is 1. The number of nitrogens with two attached hydrogens (primary N) is 1. The highest BCUT2D eigenvalue weighted by Gasteiger charge is 2.21. The van der Waals surface area contributed by atoms with Crippen molar-refractivity contribution in [3.63, 3.8) is 0 Å². The number of nitrogens with zero attached hydrogens (tertiary/aromatic N) is 1. The lowest BCUT2D eigenvalue weighted by Crippen LogP contribution is -2.05. The van der Waals surface area contributed by atoms with Gasteiger partial charge >= 0.3 is 0 Å². The van der Waals surface area contributed by atoms with Gasteiger partial charge in [0.25, 0.3) is 0 Å². The summed E-state index contributed by atoms with van der Waals surface area (Å²) < 4.78 is 5.33. The van der Waals surface area contributed by atoms with Crippen molar-refractivity contribution >= 4 is 45.6 Å². The molecule has 5 nitrogen and oxygen atoms in total. The first kappa shape index (κ1) is 23.9. The Bertz CT molecular complexity index is 1510. The highest BCUT2D eigenvalue weighted by atomic mass is 35.5. The van der Waals surface area contributed by atoms with E-state index in [9.17, 15) is 10.1 Å². The first-order valence-corrected chi connectivity index (χ1v) is 11.5. The Balaban J connectivity index is 2.01. The quantitative estimate of drug-likeness (QED) is 0.231. The van der Waals surface area contributed by atoms with Crippen LogP contribution in [-0.2, 0) is 4.79 Å². The molecule has 174 valence electrons. The Labute approximate surface area is 209 Å². The lowest BCUT2D eigenvalue weighted by molar-refractivity contribution is -0.113. The van der Waals surface area contributed by atoms with Gasteiger partial charge in [-0.3, -0.25) is 4.79 Å². The van der Waals surface area contributed by atoms with Gasteiger partial charge in [0, 0.05) is 22.6 Å². The fraction of sp³-hybridized carbons (Fsp3) is 0.103. The molecule has 1 heterocycles. The number of halogens is 1. The van der Waals surface area contributed by atoms with Gasteiger partial charge in [-0.15, -0.1) is 0 Å². The van der Waals surface area contributed by atoms with E-state index in [0.717, 1.165) is 44.4 Å². The van der Waals surface area contributed by atoms with Crippen molar-refractivity contribution in [2.75, 3.05) is 7.11 Å². The number of allylic oxidation sites excluding steroid dienone is 1. The molecule has 0 bridgehead atoms. The van der Waals surface area contributed by atoms with Gasteiger partial charge in [-0.1, -0.05) is 61.0 Å². The van der Waals surface area contributed by atoms with Crippen LogP contribution in [0.5, 0.6) is 5.75 Å². The molecular formula is C29H24ClN3O2. The number of primary amides is 1. The molecule has 0 aliphatic rings. The van der Waals surface area contributed by atoms with Crippen LogP contribution in [0.15, 0.2) is 72.8 Å². The van der Waals surface area contributed by atoms with Gasteiger partial charge in [0.05, 0.1) is 29.5 Å². The molecule has 4 aromatic rings. The smallest absolute Gasteiger partial charge is 0.241 e. The number of rotatable bonds is 7. The summed E-state index contributed by atoms with van der Waals surface area (Å²) in [6.45, 7) is 2.06. The van der Waals surface area contributed by atoms with Crippen LogP contribution >= 0.6 is 11.6 Å². The second-order valence-electron chi connectivity index (χ2n) is 7.95. The third-order valence-electron chi connectivity index (χ3n) is 5.86. The number of aromatic nitrogens is 1. The van der Waals surface area contributed by atoms with Crippen molar-refractivity contribution in [1.82, 2.24) is 4.98 Å². The van der Waals surface area contributed by atoms with Crippen molar-refractivity contribution in [2.24, 2.45) is 5.73 Å². The Morgan fingerprint density at radius 1 is 1.14 bits per heavy atom. The fourth-order valence-corrected chi connectivity index (χ4v) is 4.50. The van der Waals surface area contributed by atoms with Gasteiger partial charge in [-0.05, 0) is 59.0 Å². The van der Waals surface area contributed by atoms with Crippen LogP contribution < -0.4 is 10.5 Å². The molecule has 3 aromatic carbocycles. The van der Waals surface area contributed by atoms with Crippen LogP contribution in [0.25, 0.3) is 28.1 Å². The Kier molecular flexibility index (Phi) is 7.05. The molecule has 0 saturated heterocycles. The Hall–Kier alpha value is -4.27. The van der Waals surface area contributed by atoms with E-state index in [1.54, 1.807) is 19.3 Å².